The minimum absolute atomic E-state index is 0. The Morgan fingerprint density at radius 3 is 0.960 bits per heavy atom. The van der Waals surface area contributed by atoms with Gasteiger partial charge >= 0.3 is 19.5 Å². The number of nitrogens with zero attached hydrogens (tertiary/aromatic N) is 3. The van der Waals surface area contributed by atoms with E-state index >= 15 is 0 Å². The summed E-state index contributed by atoms with van der Waals surface area (Å²) < 4.78 is 0. The Balaban J connectivity index is 0.000000339. The van der Waals surface area contributed by atoms with Gasteiger partial charge in [-0.2, -0.15) is 15.3 Å². The Morgan fingerprint density at radius 1 is 0.640 bits per heavy atom. The zero-order valence-electron chi connectivity index (χ0n) is 12.1. The van der Waals surface area contributed by atoms with Crippen molar-refractivity contribution in [2.75, 3.05) is 0 Å². The Labute approximate surface area is 152 Å². The summed E-state index contributed by atoms with van der Waals surface area (Å²) in [6.45, 7) is 0. The second-order valence-electron chi connectivity index (χ2n) is 3.77. The molecule has 0 atom stereocenters. The molecule has 0 aliphatic carbocycles. The van der Waals surface area contributed by atoms with Crippen LogP contribution in [0.15, 0.2) is 36.8 Å². The van der Waals surface area contributed by atoms with Crippen LogP contribution in [0, 0.1) is 0 Å². The van der Waals surface area contributed by atoms with Crippen molar-refractivity contribution >= 4 is 17.9 Å². The Kier molecular flexibility index (Phi) is 9.74. The van der Waals surface area contributed by atoms with Gasteiger partial charge in [0.05, 0.1) is 35.0 Å². The maximum Gasteiger partial charge on any atom is 3.00 e. The van der Waals surface area contributed by atoms with Gasteiger partial charge in [-0.1, -0.05) is 0 Å². The normalized spacial score (nSPS) is 8.64. The van der Waals surface area contributed by atoms with Crippen LogP contribution in [-0.2, 0) is 19.5 Å². The largest absolute Gasteiger partial charge is 3.00 e. The van der Waals surface area contributed by atoms with Gasteiger partial charge in [0, 0.05) is 18.6 Å². The van der Waals surface area contributed by atoms with E-state index in [2.05, 4.69) is 30.6 Å². The van der Waals surface area contributed by atoms with Crippen LogP contribution in [0.2, 0.25) is 0 Å². The number of hydrogen-bond acceptors (Lipinski definition) is 9. The smallest absolute Gasteiger partial charge is 0.543 e. The number of carboxylic acid groups (broad SMARTS) is 3. The summed E-state index contributed by atoms with van der Waals surface area (Å²) in [6.07, 6.45) is 4.06. The molecule has 0 saturated carbocycles. The zero-order valence-corrected chi connectivity index (χ0v) is 13.8. The summed E-state index contributed by atoms with van der Waals surface area (Å²) >= 11 is 0. The molecule has 25 heavy (non-hydrogen) atoms. The van der Waals surface area contributed by atoms with Gasteiger partial charge in [-0.3, -0.25) is 15.3 Å². The number of rotatable bonds is 3. The molecule has 3 aromatic heterocycles. The summed E-state index contributed by atoms with van der Waals surface area (Å²) in [7, 11) is 0. The van der Waals surface area contributed by atoms with Gasteiger partial charge in [0.2, 0.25) is 0 Å². The van der Waals surface area contributed by atoms with Gasteiger partial charge in [0.25, 0.3) is 0 Å². The molecule has 13 heteroatoms. The molecule has 0 saturated heterocycles. The molecule has 0 bridgehead atoms. The number of aromatic carboxylic acids is 3. The van der Waals surface area contributed by atoms with Crippen LogP contribution in [-0.4, -0.2) is 48.5 Å². The molecule has 12 nitrogen and oxygen atoms in total. The number of carboxylic acids is 3. The maximum atomic E-state index is 9.88. The maximum absolute atomic E-state index is 9.88. The molecular formula is C12H9N6O6Ru. The number of carbonyl (C=O) groups is 3. The van der Waals surface area contributed by atoms with E-state index in [0.717, 1.165) is 0 Å². The summed E-state index contributed by atoms with van der Waals surface area (Å²) in [6, 6.07) is 3.99. The monoisotopic (exact) mass is 435 g/mol. The van der Waals surface area contributed by atoms with E-state index in [1.165, 1.54) is 36.8 Å². The molecule has 0 unspecified atom stereocenters. The van der Waals surface area contributed by atoms with Crippen LogP contribution in [0.5, 0.6) is 0 Å². The molecular weight excluding hydrogens is 425 g/mol. The van der Waals surface area contributed by atoms with Gasteiger partial charge in [-0.15, -0.1) is 0 Å². The van der Waals surface area contributed by atoms with Crippen molar-refractivity contribution in [1.82, 2.24) is 30.6 Å². The molecule has 0 aromatic carbocycles. The Hall–Kier alpha value is -3.34. The van der Waals surface area contributed by atoms with Gasteiger partial charge in [-0.05, 0) is 18.2 Å². The van der Waals surface area contributed by atoms with Gasteiger partial charge in [0.1, 0.15) is 0 Å². The fraction of sp³-hybridized carbons (Fsp3) is 0. The third-order valence-electron chi connectivity index (χ3n) is 2.16. The van der Waals surface area contributed by atoms with E-state index in [0.29, 0.717) is 0 Å². The number of aromatic amines is 3. The summed E-state index contributed by atoms with van der Waals surface area (Å²) in [5, 5.41) is 46.5. The molecule has 3 N–H and O–H groups in total. The van der Waals surface area contributed by atoms with E-state index in [1.54, 1.807) is 0 Å². The molecule has 131 valence electrons. The number of hydrogen-bond donors (Lipinski definition) is 3. The second-order valence-corrected chi connectivity index (χ2v) is 3.77. The van der Waals surface area contributed by atoms with E-state index in [4.69, 9.17) is 0 Å². The predicted octanol–water partition coefficient (Wildman–Crippen LogP) is -3.68. The number of aromatic nitrogens is 6. The fourth-order valence-corrected chi connectivity index (χ4v) is 1.11. The third kappa shape index (κ3) is 8.18. The van der Waals surface area contributed by atoms with Crippen molar-refractivity contribution in [3.8, 4) is 0 Å². The topological polar surface area (TPSA) is 206 Å². The van der Waals surface area contributed by atoms with Crippen LogP contribution in [0.1, 0.15) is 31.5 Å². The third-order valence-corrected chi connectivity index (χ3v) is 2.16. The first kappa shape index (κ1) is 21.7. The van der Waals surface area contributed by atoms with Crippen molar-refractivity contribution in [2.45, 2.75) is 0 Å². The Bertz CT molecular complexity index is 651. The average Bonchev–Trinajstić information content (AvgIpc) is 3.29. The van der Waals surface area contributed by atoms with E-state index in [9.17, 15) is 29.7 Å². The molecule has 0 spiro atoms. The van der Waals surface area contributed by atoms with Crippen molar-refractivity contribution in [3.05, 3.63) is 53.9 Å². The fourth-order valence-electron chi connectivity index (χ4n) is 1.11. The molecule has 0 aliphatic rings. The quantitative estimate of drug-likeness (QED) is 0.346. The van der Waals surface area contributed by atoms with Crippen molar-refractivity contribution in [3.63, 3.8) is 0 Å². The van der Waals surface area contributed by atoms with Crippen molar-refractivity contribution < 1.29 is 49.2 Å². The molecule has 3 rings (SSSR count). The Morgan fingerprint density at radius 2 is 0.880 bits per heavy atom. The van der Waals surface area contributed by atoms with E-state index in [-0.39, 0.29) is 36.6 Å². The molecule has 0 fully saturated rings. The van der Waals surface area contributed by atoms with E-state index < -0.39 is 17.9 Å². The van der Waals surface area contributed by atoms with Gasteiger partial charge in [0.15, 0.2) is 0 Å². The SMILES string of the molecule is O=C([O-])c1ccn[nH]1.O=C([O-])c1ccn[nH]1.O=C([O-])c1ccn[nH]1.[Ru+3]. The minimum atomic E-state index is -1.23. The van der Waals surface area contributed by atoms with Crippen LogP contribution < -0.4 is 15.3 Å². The first-order chi connectivity index (χ1) is 11.4. The number of nitrogens with one attached hydrogen (secondary N) is 3. The van der Waals surface area contributed by atoms with Crippen molar-refractivity contribution in [1.29, 1.82) is 0 Å². The summed E-state index contributed by atoms with van der Waals surface area (Å²) in [5.74, 6) is -3.70. The first-order valence-corrected chi connectivity index (χ1v) is 6.04. The van der Waals surface area contributed by atoms with Gasteiger partial charge in [-0.25, -0.2) is 0 Å². The number of carbonyl (C=O) groups excluding carboxylic acids is 3. The minimum Gasteiger partial charge on any atom is -0.543 e. The molecule has 0 amide bonds. The number of H-pyrrole nitrogens is 3. The van der Waals surface area contributed by atoms with Gasteiger partial charge < -0.3 is 29.7 Å². The molecule has 3 heterocycles. The zero-order chi connectivity index (χ0) is 17.9. The average molecular weight is 434 g/mol. The van der Waals surface area contributed by atoms with Crippen LogP contribution >= 0.6 is 0 Å². The molecule has 3 aromatic rings. The summed E-state index contributed by atoms with van der Waals surface area (Å²) in [5.41, 5.74) is 0.0139. The van der Waals surface area contributed by atoms with Crippen LogP contribution in [0.4, 0.5) is 0 Å². The van der Waals surface area contributed by atoms with Crippen LogP contribution in [0.25, 0.3) is 0 Å². The standard InChI is InChI=1S/3C4H4N2O2.Ru/c3*7-4(8)3-1-2-5-6-3;/h3*1-2H,(H,5,6)(H,7,8);/q;;;+3/p-3. The predicted molar refractivity (Wildman–Crippen MR) is 68.8 cm³/mol. The van der Waals surface area contributed by atoms with Crippen LogP contribution in [0.3, 0.4) is 0 Å². The second kappa shape index (κ2) is 11.2. The first-order valence-electron chi connectivity index (χ1n) is 6.04. The summed E-state index contributed by atoms with van der Waals surface area (Å²) in [4.78, 5) is 29.6. The van der Waals surface area contributed by atoms with Crippen molar-refractivity contribution in [2.24, 2.45) is 0 Å². The van der Waals surface area contributed by atoms with E-state index in [1.807, 2.05) is 0 Å². The molecule has 0 aliphatic heterocycles. The molecule has 1 radical (unpaired) electrons.